The number of aryl methyl sites for hydroxylation is 1. The molecule has 2 aromatic rings. The van der Waals surface area contributed by atoms with Gasteiger partial charge in [-0.25, -0.2) is 4.98 Å². The highest BCUT2D eigenvalue weighted by Crippen LogP contribution is 2.39. The first-order chi connectivity index (χ1) is 13.0. The first-order valence-corrected chi connectivity index (χ1v) is 10.2. The molecule has 0 aromatic carbocycles. The molecule has 4 rings (SSSR count). The standard InChI is InChI=1S/C19H23N5O2S/c1-14-7-21-15(8-20-14)9-24-12-19(5-3-17(24)25)4-2-6-23(11-19)18(26)16-10-27-13-22-16/h7-8,10,13H,2-6,9,11-12H2,1H3/t19-/m1/s1. The van der Waals surface area contributed by atoms with Crippen LogP contribution < -0.4 is 0 Å². The van der Waals surface area contributed by atoms with Crippen LogP contribution in [0.5, 0.6) is 0 Å². The summed E-state index contributed by atoms with van der Waals surface area (Å²) in [7, 11) is 0. The molecule has 2 aromatic heterocycles. The van der Waals surface area contributed by atoms with Crippen molar-refractivity contribution >= 4 is 23.2 Å². The number of rotatable bonds is 3. The fraction of sp³-hybridized carbons (Fsp3) is 0.526. The first kappa shape index (κ1) is 18.0. The highest BCUT2D eigenvalue weighted by molar-refractivity contribution is 7.07. The van der Waals surface area contributed by atoms with Crippen LogP contribution in [0.1, 0.15) is 47.6 Å². The van der Waals surface area contributed by atoms with Crippen molar-refractivity contribution < 1.29 is 9.59 Å². The number of carbonyl (C=O) groups is 2. The minimum absolute atomic E-state index is 0.00294. The second kappa shape index (κ2) is 7.34. The van der Waals surface area contributed by atoms with Crippen LogP contribution in [0.25, 0.3) is 0 Å². The van der Waals surface area contributed by atoms with Crippen LogP contribution >= 0.6 is 11.3 Å². The minimum atomic E-state index is -0.0318. The van der Waals surface area contributed by atoms with E-state index in [9.17, 15) is 9.59 Å². The van der Waals surface area contributed by atoms with Gasteiger partial charge < -0.3 is 9.80 Å². The van der Waals surface area contributed by atoms with Gasteiger partial charge in [-0.1, -0.05) is 0 Å². The van der Waals surface area contributed by atoms with Crippen molar-refractivity contribution in [1.29, 1.82) is 0 Å². The monoisotopic (exact) mass is 385 g/mol. The molecule has 0 radical (unpaired) electrons. The molecule has 0 N–H and O–H groups in total. The summed E-state index contributed by atoms with van der Waals surface area (Å²) in [6.45, 7) is 4.49. The van der Waals surface area contributed by atoms with Crippen LogP contribution in [0.2, 0.25) is 0 Å². The number of piperidine rings is 2. The van der Waals surface area contributed by atoms with Gasteiger partial charge in [0.05, 0.1) is 29.6 Å². The Kier molecular flexibility index (Phi) is 4.90. The molecule has 0 saturated carbocycles. The van der Waals surface area contributed by atoms with Crippen LogP contribution in [0.3, 0.4) is 0 Å². The Morgan fingerprint density at radius 2 is 2.11 bits per heavy atom. The summed E-state index contributed by atoms with van der Waals surface area (Å²) in [6, 6.07) is 0. The molecule has 2 fully saturated rings. The van der Waals surface area contributed by atoms with Crippen molar-refractivity contribution in [2.75, 3.05) is 19.6 Å². The van der Waals surface area contributed by atoms with Gasteiger partial charge in [0, 0.05) is 43.0 Å². The zero-order valence-electron chi connectivity index (χ0n) is 15.4. The number of nitrogens with zero attached hydrogens (tertiary/aromatic N) is 5. The van der Waals surface area contributed by atoms with E-state index in [1.807, 2.05) is 16.7 Å². The molecule has 2 aliphatic heterocycles. The summed E-state index contributed by atoms with van der Waals surface area (Å²) < 4.78 is 0. The van der Waals surface area contributed by atoms with Gasteiger partial charge in [0.25, 0.3) is 5.91 Å². The predicted molar refractivity (Wildman–Crippen MR) is 101 cm³/mol. The third kappa shape index (κ3) is 3.85. The Labute approximate surface area is 162 Å². The van der Waals surface area contributed by atoms with Crippen molar-refractivity contribution in [3.63, 3.8) is 0 Å². The molecular weight excluding hydrogens is 362 g/mol. The Morgan fingerprint density at radius 3 is 2.85 bits per heavy atom. The second-order valence-electron chi connectivity index (χ2n) is 7.60. The highest BCUT2D eigenvalue weighted by atomic mass is 32.1. The zero-order chi connectivity index (χ0) is 18.9. The quantitative estimate of drug-likeness (QED) is 0.810. The normalized spacial score (nSPS) is 23.1. The van der Waals surface area contributed by atoms with E-state index in [0.717, 1.165) is 37.2 Å². The average Bonchev–Trinajstić information content (AvgIpc) is 3.21. The number of likely N-dealkylation sites (tertiary alicyclic amines) is 2. The van der Waals surface area contributed by atoms with E-state index in [4.69, 9.17) is 0 Å². The number of hydrogen-bond donors (Lipinski definition) is 0. The van der Waals surface area contributed by atoms with E-state index in [0.29, 0.717) is 31.7 Å². The molecule has 142 valence electrons. The van der Waals surface area contributed by atoms with Gasteiger partial charge in [-0.05, 0) is 26.2 Å². The summed E-state index contributed by atoms with van der Waals surface area (Å²) in [5.41, 5.74) is 3.85. The lowest BCUT2D eigenvalue weighted by atomic mass is 9.73. The van der Waals surface area contributed by atoms with Gasteiger partial charge in [0.15, 0.2) is 0 Å². The second-order valence-corrected chi connectivity index (χ2v) is 8.32. The van der Waals surface area contributed by atoms with Crippen molar-refractivity contribution in [3.05, 3.63) is 40.4 Å². The Morgan fingerprint density at radius 1 is 1.22 bits per heavy atom. The molecule has 2 aliphatic rings. The Hall–Kier alpha value is -2.35. The lowest BCUT2D eigenvalue weighted by Gasteiger charge is -2.48. The van der Waals surface area contributed by atoms with E-state index in [1.54, 1.807) is 23.3 Å². The molecule has 2 amide bonds. The van der Waals surface area contributed by atoms with Crippen molar-refractivity contribution in [2.24, 2.45) is 5.41 Å². The summed E-state index contributed by atoms with van der Waals surface area (Å²) >= 11 is 1.44. The van der Waals surface area contributed by atoms with Crippen molar-refractivity contribution in [2.45, 2.75) is 39.2 Å². The summed E-state index contributed by atoms with van der Waals surface area (Å²) in [6.07, 6.45) is 6.83. The molecular formula is C19H23N5O2S. The Balaban J connectivity index is 1.47. The maximum Gasteiger partial charge on any atom is 0.273 e. The summed E-state index contributed by atoms with van der Waals surface area (Å²) in [4.78, 5) is 41.8. The Bertz CT molecular complexity index is 823. The van der Waals surface area contributed by atoms with Crippen molar-refractivity contribution in [3.8, 4) is 0 Å². The number of aromatic nitrogens is 3. The van der Waals surface area contributed by atoms with Crippen LogP contribution in [0.15, 0.2) is 23.3 Å². The summed E-state index contributed by atoms with van der Waals surface area (Å²) in [5.74, 6) is 0.161. The lowest BCUT2D eigenvalue weighted by Crippen LogP contribution is -2.54. The van der Waals surface area contributed by atoms with E-state index >= 15 is 0 Å². The molecule has 7 nitrogen and oxygen atoms in total. The molecule has 8 heteroatoms. The van der Waals surface area contributed by atoms with E-state index < -0.39 is 0 Å². The van der Waals surface area contributed by atoms with Crippen LogP contribution in [-0.4, -0.2) is 56.2 Å². The fourth-order valence-corrected chi connectivity index (χ4v) is 4.66. The first-order valence-electron chi connectivity index (χ1n) is 9.27. The third-order valence-electron chi connectivity index (χ3n) is 5.54. The highest BCUT2D eigenvalue weighted by Gasteiger charge is 2.43. The fourth-order valence-electron chi connectivity index (χ4n) is 4.14. The van der Waals surface area contributed by atoms with Crippen LogP contribution in [0, 0.1) is 12.3 Å². The van der Waals surface area contributed by atoms with Gasteiger partial charge in [-0.2, -0.15) is 0 Å². The van der Waals surface area contributed by atoms with Crippen LogP contribution in [-0.2, 0) is 11.3 Å². The van der Waals surface area contributed by atoms with Gasteiger partial charge in [0.2, 0.25) is 5.91 Å². The molecule has 1 spiro atoms. The van der Waals surface area contributed by atoms with Crippen LogP contribution in [0.4, 0.5) is 0 Å². The van der Waals surface area contributed by atoms with E-state index in [-0.39, 0.29) is 17.2 Å². The van der Waals surface area contributed by atoms with E-state index in [1.165, 1.54) is 11.3 Å². The number of carbonyl (C=O) groups excluding carboxylic acids is 2. The number of amides is 2. The third-order valence-corrected chi connectivity index (χ3v) is 6.12. The smallest absolute Gasteiger partial charge is 0.273 e. The maximum atomic E-state index is 12.7. The topological polar surface area (TPSA) is 79.3 Å². The minimum Gasteiger partial charge on any atom is -0.337 e. The van der Waals surface area contributed by atoms with Gasteiger partial charge >= 0.3 is 0 Å². The molecule has 0 unspecified atom stereocenters. The number of hydrogen-bond acceptors (Lipinski definition) is 6. The van der Waals surface area contributed by atoms with Gasteiger partial charge in [-0.3, -0.25) is 19.6 Å². The summed E-state index contributed by atoms with van der Waals surface area (Å²) in [5, 5.41) is 1.80. The molecule has 2 saturated heterocycles. The molecule has 0 bridgehead atoms. The lowest BCUT2D eigenvalue weighted by molar-refractivity contribution is -0.139. The maximum absolute atomic E-state index is 12.7. The largest absolute Gasteiger partial charge is 0.337 e. The number of thiazole rings is 1. The molecule has 4 heterocycles. The van der Waals surface area contributed by atoms with Gasteiger partial charge in [0.1, 0.15) is 5.69 Å². The zero-order valence-corrected chi connectivity index (χ0v) is 16.2. The molecule has 1 atom stereocenters. The predicted octanol–water partition coefficient (Wildman–Crippen LogP) is 2.29. The van der Waals surface area contributed by atoms with E-state index in [2.05, 4.69) is 15.0 Å². The van der Waals surface area contributed by atoms with Crippen molar-refractivity contribution in [1.82, 2.24) is 24.8 Å². The van der Waals surface area contributed by atoms with Gasteiger partial charge in [-0.15, -0.1) is 11.3 Å². The average molecular weight is 385 g/mol. The molecule has 0 aliphatic carbocycles. The SMILES string of the molecule is Cc1cnc(CN2C[C@]3(CCCN(C(=O)c4cscn4)C3)CCC2=O)cn1. The molecule has 27 heavy (non-hydrogen) atoms.